The largest absolute Gasteiger partial charge is 0.355 e. The maximum absolute atomic E-state index is 13.0. The van der Waals surface area contributed by atoms with E-state index in [4.69, 9.17) is 0 Å². The van der Waals surface area contributed by atoms with Crippen molar-refractivity contribution in [2.24, 2.45) is 0 Å². The van der Waals surface area contributed by atoms with E-state index in [9.17, 15) is 9.18 Å². The van der Waals surface area contributed by atoms with E-state index in [-0.39, 0.29) is 17.5 Å². The Kier molecular flexibility index (Phi) is 5.73. The molecule has 1 heterocycles. The van der Waals surface area contributed by atoms with Gasteiger partial charge in [0.25, 0.3) is 0 Å². The van der Waals surface area contributed by atoms with Crippen molar-refractivity contribution < 1.29 is 9.18 Å². The first-order chi connectivity index (χ1) is 12.2. The van der Waals surface area contributed by atoms with Gasteiger partial charge in [0, 0.05) is 6.54 Å². The number of carbonyl (C=O) groups excluding carboxylic acids is 1. The molecule has 0 spiro atoms. The molecule has 0 bridgehead atoms. The van der Waals surface area contributed by atoms with Crippen LogP contribution in [0.1, 0.15) is 5.56 Å². The Balaban J connectivity index is 1.49. The SMILES string of the molecule is O=C(CSc1nnnn1-c1ccc(F)cc1)NCCc1ccccc1. The highest BCUT2D eigenvalue weighted by Crippen LogP contribution is 2.18. The minimum Gasteiger partial charge on any atom is -0.355 e. The van der Waals surface area contributed by atoms with Gasteiger partial charge < -0.3 is 5.32 Å². The van der Waals surface area contributed by atoms with Gasteiger partial charge in [-0.15, -0.1) is 5.10 Å². The molecule has 25 heavy (non-hydrogen) atoms. The number of nitrogens with zero attached hydrogens (tertiary/aromatic N) is 4. The zero-order valence-electron chi connectivity index (χ0n) is 13.3. The van der Waals surface area contributed by atoms with Crippen molar-refractivity contribution in [1.29, 1.82) is 0 Å². The number of hydrogen-bond acceptors (Lipinski definition) is 5. The summed E-state index contributed by atoms with van der Waals surface area (Å²) in [6.45, 7) is 0.576. The summed E-state index contributed by atoms with van der Waals surface area (Å²) >= 11 is 1.23. The molecular formula is C17H16FN5OS. The summed E-state index contributed by atoms with van der Waals surface area (Å²) in [5.74, 6) is -0.213. The van der Waals surface area contributed by atoms with Crippen molar-refractivity contribution >= 4 is 17.7 Å². The number of halogens is 1. The Bertz CT molecular complexity index is 823. The number of tetrazole rings is 1. The maximum Gasteiger partial charge on any atom is 0.230 e. The number of amides is 1. The first kappa shape index (κ1) is 17.1. The molecule has 1 N–H and O–H groups in total. The fourth-order valence-corrected chi connectivity index (χ4v) is 2.91. The lowest BCUT2D eigenvalue weighted by Crippen LogP contribution is -2.27. The van der Waals surface area contributed by atoms with Gasteiger partial charge in [0.1, 0.15) is 5.82 Å². The van der Waals surface area contributed by atoms with Crippen LogP contribution in [0, 0.1) is 5.82 Å². The van der Waals surface area contributed by atoms with Gasteiger partial charge in [0.15, 0.2) is 0 Å². The van der Waals surface area contributed by atoms with E-state index in [0.717, 1.165) is 6.42 Å². The molecule has 0 saturated heterocycles. The van der Waals surface area contributed by atoms with Gasteiger partial charge in [-0.1, -0.05) is 42.1 Å². The number of hydrogen-bond donors (Lipinski definition) is 1. The summed E-state index contributed by atoms with van der Waals surface area (Å²) in [6.07, 6.45) is 0.782. The van der Waals surface area contributed by atoms with Gasteiger partial charge in [-0.2, -0.15) is 4.68 Å². The summed E-state index contributed by atoms with van der Waals surface area (Å²) in [5.41, 5.74) is 1.81. The maximum atomic E-state index is 13.0. The lowest BCUT2D eigenvalue weighted by atomic mass is 10.1. The average molecular weight is 357 g/mol. The van der Waals surface area contributed by atoms with Crippen LogP contribution in [0.25, 0.3) is 5.69 Å². The molecule has 0 saturated carbocycles. The number of thioether (sulfide) groups is 1. The van der Waals surface area contributed by atoms with E-state index < -0.39 is 0 Å². The third-order valence-corrected chi connectivity index (χ3v) is 4.34. The smallest absolute Gasteiger partial charge is 0.230 e. The fourth-order valence-electron chi connectivity index (χ4n) is 2.19. The van der Waals surface area contributed by atoms with E-state index in [1.807, 2.05) is 30.3 Å². The zero-order valence-corrected chi connectivity index (χ0v) is 14.1. The molecule has 6 nitrogen and oxygen atoms in total. The number of rotatable bonds is 7. The van der Waals surface area contributed by atoms with Crippen molar-refractivity contribution in [3.8, 4) is 5.69 Å². The Morgan fingerprint density at radius 1 is 1.12 bits per heavy atom. The lowest BCUT2D eigenvalue weighted by molar-refractivity contribution is -0.118. The molecule has 0 aliphatic rings. The van der Waals surface area contributed by atoms with Gasteiger partial charge in [0.2, 0.25) is 11.1 Å². The second-order valence-corrected chi connectivity index (χ2v) is 6.17. The Morgan fingerprint density at radius 3 is 2.64 bits per heavy atom. The van der Waals surface area contributed by atoms with Gasteiger partial charge in [-0.05, 0) is 46.7 Å². The van der Waals surface area contributed by atoms with Crippen LogP contribution in [-0.4, -0.2) is 38.4 Å². The van der Waals surface area contributed by atoms with Crippen LogP contribution in [0.5, 0.6) is 0 Å². The third kappa shape index (κ3) is 4.87. The highest BCUT2D eigenvalue weighted by molar-refractivity contribution is 7.99. The molecule has 3 rings (SSSR count). The first-order valence-electron chi connectivity index (χ1n) is 7.70. The van der Waals surface area contributed by atoms with E-state index in [2.05, 4.69) is 20.8 Å². The molecule has 0 aliphatic heterocycles. The molecule has 1 aromatic heterocycles. The number of benzene rings is 2. The van der Waals surface area contributed by atoms with E-state index in [1.54, 1.807) is 12.1 Å². The summed E-state index contributed by atoms with van der Waals surface area (Å²) in [7, 11) is 0. The van der Waals surface area contributed by atoms with Crippen LogP contribution in [0.2, 0.25) is 0 Å². The molecule has 2 aromatic carbocycles. The Morgan fingerprint density at radius 2 is 1.88 bits per heavy atom. The first-order valence-corrected chi connectivity index (χ1v) is 8.69. The number of aromatic nitrogens is 4. The monoisotopic (exact) mass is 357 g/mol. The molecule has 128 valence electrons. The summed E-state index contributed by atoms with van der Waals surface area (Å²) in [4.78, 5) is 12.0. The van der Waals surface area contributed by atoms with E-state index in [1.165, 1.54) is 34.1 Å². The molecule has 8 heteroatoms. The Hall–Kier alpha value is -2.74. The molecule has 3 aromatic rings. The Labute approximate surface area is 148 Å². The van der Waals surface area contributed by atoms with Crippen LogP contribution in [0.3, 0.4) is 0 Å². The van der Waals surface area contributed by atoms with E-state index in [0.29, 0.717) is 17.4 Å². The van der Waals surface area contributed by atoms with Gasteiger partial charge in [-0.3, -0.25) is 4.79 Å². The summed E-state index contributed by atoms with van der Waals surface area (Å²) in [5, 5.41) is 14.7. The molecule has 0 aliphatic carbocycles. The quantitative estimate of drug-likeness (QED) is 0.657. The van der Waals surface area contributed by atoms with Crippen molar-refractivity contribution in [3.05, 3.63) is 66.0 Å². The topological polar surface area (TPSA) is 72.7 Å². The molecule has 0 fully saturated rings. The average Bonchev–Trinajstić information content (AvgIpc) is 3.10. The second-order valence-electron chi connectivity index (χ2n) is 5.22. The zero-order chi connectivity index (χ0) is 17.5. The fraction of sp³-hybridized carbons (Fsp3) is 0.176. The third-order valence-electron chi connectivity index (χ3n) is 3.42. The highest BCUT2D eigenvalue weighted by Gasteiger charge is 2.11. The minimum atomic E-state index is -0.330. The molecule has 0 radical (unpaired) electrons. The van der Waals surface area contributed by atoms with Gasteiger partial charge in [-0.25, -0.2) is 4.39 Å². The summed E-state index contributed by atoms with van der Waals surface area (Å²) < 4.78 is 14.5. The van der Waals surface area contributed by atoms with Crippen LogP contribution >= 0.6 is 11.8 Å². The van der Waals surface area contributed by atoms with Gasteiger partial charge >= 0.3 is 0 Å². The van der Waals surface area contributed by atoms with Crippen molar-refractivity contribution in [1.82, 2.24) is 25.5 Å². The number of carbonyl (C=O) groups is 1. The van der Waals surface area contributed by atoms with E-state index >= 15 is 0 Å². The van der Waals surface area contributed by atoms with Gasteiger partial charge in [0.05, 0.1) is 11.4 Å². The molecule has 0 atom stereocenters. The van der Waals surface area contributed by atoms with Crippen LogP contribution in [0.15, 0.2) is 59.8 Å². The van der Waals surface area contributed by atoms with Crippen molar-refractivity contribution in [2.75, 3.05) is 12.3 Å². The predicted octanol–water partition coefficient (Wildman–Crippen LogP) is 2.25. The molecule has 0 unspecified atom stereocenters. The molecular weight excluding hydrogens is 341 g/mol. The lowest BCUT2D eigenvalue weighted by Gasteiger charge is -2.06. The van der Waals surface area contributed by atoms with Crippen LogP contribution in [-0.2, 0) is 11.2 Å². The number of nitrogens with one attached hydrogen (secondary N) is 1. The normalized spacial score (nSPS) is 10.6. The van der Waals surface area contributed by atoms with Crippen LogP contribution in [0.4, 0.5) is 4.39 Å². The molecule has 1 amide bonds. The summed E-state index contributed by atoms with van der Waals surface area (Å²) in [6, 6.07) is 15.8. The van der Waals surface area contributed by atoms with Crippen molar-refractivity contribution in [2.45, 2.75) is 11.6 Å². The standard InChI is InChI=1S/C17H16FN5OS/c18-14-6-8-15(9-7-14)23-17(20-21-22-23)25-12-16(24)19-11-10-13-4-2-1-3-5-13/h1-9H,10-12H2,(H,19,24). The second kappa shape index (κ2) is 8.39. The van der Waals surface area contributed by atoms with Crippen LogP contribution < -0.4 is 5.32 Å². The predicted molar refractivity (Wildman–Crippen MR) is 93.0 cm³/mol. The highest BCUT2D eigenvalue weighted by atomic mass is 32.2. The minimum absolute atomic E-state index is 0.0883. The van der Waals surface area contributed by atoms with Crippen molar-refractivity contribution in [3.63, 3.8) is 0 Å².